The van der Waals surface area contributed by atoms with E-state index in [1.54, 1.807) is 11.3 Å². The van der Waals surface area contributed by atoms with Crippen LogP contribution in [-0.4, -0.2) is 19.1 Å². The van der Waals surface area contributed by atoms with E-state index in [9.17, 15) is 4.79 Å². The van der Waals surface area contributed by atoms with Crippen LogP contribution in [-0.2, 0) is 16.8 Å². The molecule has 1 N–H and O–H groups in total. The molecule has 3 rings (SSSR count). The Balaban J connectivity index is 1.48. The Labute approximate surface area is 239 Å². The van der Waals surface area contributed by atoms with Gasteiger partial charge in [0.2, 0.25) is 5.51 Å². The van der Waals surface area contributed by atoms with E-state index in [4.69, 9.17) is 9.47 Å². The van der Waals surface area contributed by atoms with E-state index in [1.165, 1.54) is 50.6 Å². The molecule has 1 aromatic heterocycles. The fourth-order valence-electron chi connectivity index (χ4n) is 4.53. The predicted molar refractivity (Wildman–Crippen MR) is 162 cm³/mol. The molecule has 5 nitrogen and oxygen atoms in total. The van der Waals surface area contributed by atoms with Gasteiger partial charge in [-0.25, -0.2) is 0 Å². The fourth-order valence-corrected chi connectivity index (χ4v) is 5.32. The number of carbonyl (C=O) groups is 1. The molecule has 3 aromatic rings. The first-order valence-electron chi connectivity index (χ1n) is 14.5. The van der Waals surface area contributed by atoms with Gasteiger partial charge in [0.1, 0.15) is 11.5 Å². The van der Waals surface area contributed by atoms with Gasteiger partial charge in [0.25, 0.3) is 5.91 Å². The normalized spacial score (nSPS) is 11.4. The van der Waals surface area contributed by atoms with Crippen molar-refractivity contribution in [1.29, 1.82) is 0 Å². The first kappa shape index (κ1) is 30.7. The highest BCUT2D eigenvalue weighted by atomic mass is 32.1. The summed E-state index contributed by atoms with van der Waals surface area (Å²) in [5, 5.41) is 5.10. The van der Waals surface area contributed by atoms with Crippen molar-refractivity contribution in [1.82, 2.24) is 0 Å². The highest BCUT2D eigenvalue weighted by Crippen LogP contribution is 2.34. The van der Waals surface area contributed by atoms with E-state index in [-0.39, 0.29) is 17.9 Å². The molecule has 0 aliphatic heterocycles. The average molecular weight is 552 g/mol. The average Bonchev–Trinajstić information content (AvgIpc) is 3.30. The number of amides is 1. The van der Waals surface area contributed by atoms with Gasteiger partial charge in [0.05, 0.1) is 12.0 Å². The van der Waals surface area contributed by atoms with Gasteiger partial charge in [-0.1, -0.05) is 96.1 Å². The topological polar surface area (TPSA) is 51.4 Å². The van der Waals surface area contributed by atoms with E-state index in [0.29, 0.717) is 5.75 Å². The molecule has 0 unspecified atom stereocenters. The molecule has 39 heavy (non-hydrogen) atoms. The lowest BCUT2D eigenvalue weighted by molar-refractivity contribution is -0.689. The van der Waals surface area contributed by atoms with Gasteiger partial charge < -0.3 is 14.8 Å². The highest BCUT2D eigenvalue weighted by molar-refractivity contribution is 7.07. The van der Waals surface area contributed by atoms with E-state index < -0.39 is 0 Å². The molecule has 1 amide bonds. The van der Waals surface area contributed by atoms with E-state index in [2.05, 4.69) is 61.5 Å². The van der Waals surface area contributed by atoms with Gasteiger partial charge in [-0.05, 0) is 42.2 Å². The van der Waals surface area contributed by atoms with Crippen LogP contribution < -0.4 is 19.4 Å². The van der Waals surface area contributed by atoms with Crippen molar-refractivity contribution in [3.63, 3.8) is 0 Å². The third-order valence-corrected chi connectivity index (χ3v) is 7.68. The third-order valence-electron chi connectivity index (χ3n) is 6.83. The summed E-state index contributed by atoms with van der Waals surface area (Å²) in [4.78, 5) is 12.7. The number of thiazole rings is 1. The van der Waals surface area contributed by atoms with Crippen LogP contribution in [0.25, 0.3) is 0 Å². The van der Waals surface area contributed by atoms with Gasteiger partial charge in [-0.15, -0.1) is 0 Å². The van der Waals surface area contributed by atoms with Crippen LogP contribution in [0.4, 0.5) is 5.69 Å². The molecule has 212 valence electrons. The molecule has 6 heteroatoms. The predicted octanol–water partition coefficient (Wildman–Crippen LogP) is 8.23. The van der Waals surface area contributed by atoms with Crippen molar-refractivity contribution in [2.75, 3.05) is 18.5 Å². The second-order valence-corrected chi connectivity index (χ2v) is 12.1. The molecule has 0 saturated carbocycles. The molecule has 0 fully saturated rings. The molecule has 0 aliphatic carbocycles. The van der Waals surface area contributed by atoms with Crippen LogP contribution in [0.5, 0.6) is 11.5 Å². The Morgan fingerprint density at radius 2 is 1.69 bits per heavy atom. The summed E-state index contributed by atoms with van der Waals surface area (Å²) in [6, 6.07) is 13.8. The molecule has 0 aliphatic rings. The number of hydrogen-bond acceptors (Lipinski definition) is 4. The molecule has 0 radical (unpaired) electrons. The molecular formula is C33H47N2O3S+. The minimum Gasteiger partial charge on any atom is -0.493 e. The maximum atomic E-state index is 12.7. The smallest absolute Gasteiger partial charge is 0.262 e. The summed E-state index contributed by atoms with van der Waals surface area (Å²) in [6.45, 7) is 12.3. The van der Waals surface area contributed by atoms with Gasteiger partial charge in [-0.2, -0.15) is 4.57 Å². The standard InChI is InChI=1S/C33H46N2O3S/c1-6-7-8-9-10-11-12-13-19-37-31-18-17-29(21-30(31)33(3,4)5)38-23-32(36)34-28-16-14-15-27(20-28)22-35-25-39-24-26(35)2/h14-18,20-21,24-25H,6-13,19,22-23H2,1-5H3/p+1. The number of aryl methyl sites for hydroxylation is 1. The van der Waals surface area contributed by atoms with Crippen LogP contribution in [0.3, 0.4) is 0 Å². The summed E-state index contributed by atoms with van der Waals surface area (Å²) in [7, 11) is 0. The van der Waals surface area contributed by atoms with Crippen LogP contribution in [0.15, 0.2) is 53.4 Å². The van der Waals surface area contributed by atoms with Crippen molar-refractivity contribution >= 4 is 22.9 Å². The zero-order valence-corrected chi connectivity index (χ0v) is 25.4. The van der Waals surface area contributed by atoms with Crippen molar-refractivity contribution in [3.05, 3.63) is 70.2 Å². The monoisotopic (exact) mass is 551 g/mol. The molecule has 0 spiro atoms. The summed E-state index contributed by atoms with van der Waals surface area (Å²) in [5.41, 5.74) is 6.23. The quantitative estimate of drug-likeness (QED) is 0.144. The van der Waals surface area contributed by atoms with Crippen molar-refractivity contribution in [2.24, 2.45) is 0 Å². The molecule has 0 saturated heterocycles. The number of nitrogens with zero attached hydrogens (tertiary/aromatic N) is 1. The summed E-state index contributed by atoms with van der Waals surface area (Å²) in [6.07, 6.45) is 10.3. The number of hydrogen-bond donors (Lipinski definition) is 1. The summed E-state index contributed by atoms with van der Waals surface area (Å²) in [5.74, 6) is 1.39. The number of anilines is 1. The lowest BCUT2D eigenvalue weighted by Gasteiger charge is -2.24. The molecule has 2 aromatic carbocycles. The lowest BCUT2D eigenvalue weighted by Crippen LogP contribution is -2.34. The van der Waals surface area contributed by atoms with Gasteiger partial charge >= 0.3 is 0 Å². The van der Waals surface area contributed by atoms with Gasteiger partial charge in [0, 0.05) is 23.7 Å². The molecule has 1 heterocycles. The van der Waals surface area contributed by atoms with E-state index in [1.807, 2.05) is 36.4 Å². The minimum atomic E-state index is -0.182. The largest absolute Gasteiger partial charge is 0.493 e. The molecule has 0 atom stereocenters. The van der Waals surface area contributed by atoms with Crippen LogP contribution in [0.1, 0.15) is 95.9 Å². The Morgan fingerprint density at radius 3 is 2.38 bits per heavy atom. The maximum Gasteiger partial charge on any atom is 0.262 e. The summed E-state index contributed by atoms with van der Waals surface area (Å²) >= 11 is 1.69. The zero-order chi connectivity index (χ0) is 28.1. The number of carbonyl (C=O) groups excluding carboxylic acids is 1. The number of nitrogens with one attached hydrogen (secondary N) is 1. The van der Waals surface area contributed by atoms with Crippen molar-refractivity contribution < 1.29 is 18.8 Å². The Morgan fingerprint density at radius 1 is 0.949 bits per heavy atom. The number of unbranched alkanes of at least 4 members (excludes halogenated alkanes) is 7. The van der Waals surface area contributed by atoms with Crippen LogP contribution in [0.2, 0.25) is 0 Å². The Kier molecular flexibility index (Phi) is 12.3. The first-order valence-corrected chi connectivity index (χ1v) is 15.4. The third kappa shape index (κ3) is 10.7. The highest BCUT2D eigenvalue weighted by Gasteiger charge is 2.20. The SMILES string of the molecule is CCCCCCCCCCOc1ccc(OCC(=O)Nc2cccc(C[n+]3cscc3C)c2)cc1C(C)(C)C. The Hall–Kier alpha value is -2.86. The minimum absolute atomic E-state index is 0.0509. The van der Waals surface area contributed by atoms with E-state index in [0.717, 1.165) is 42.1 Å². The molecular weight excluding hydrogens is 504 g/mol. The maximum absolute atomic E-state index is 12.7. The van der Waals surface area contributed by atoms with Gasteiger partial charge in [0.15, 0.2) is 18.8 Å². The van der Waals surface area contributed by atoms with Crippen LogP contribution >= 0.6 is 11.3 Å². The van der Waals surface area contributed by atoms with Crippen LogP contribution in [0, 0.1) is 6.92 Å². The first-order chi connectivity index (χ1) is 18.8. The Bertz CT molecular complexity index is 1170. The van der Waals surface area contributed by atoms with E-state index >= 15 is 0 Å². The number of aromatic nitrogens is 1. The number of benzene rings is 2. The number of ether oxygens (including phenoxy) is 2. The summed E-state index contributed by atoms with van der Waals surface area (Å²) < 4.78 is 14.3. The van der Waals surface area contributed by atoms with Gasteiger partial charge in [-0.3, -0.25) is 4.79 Å². The second kappa shape index (κ2) is 15.7. The molecule has 0 bridgehead atoms. The lowest BCUT2D eigenvalue weighted by atomic mass is 9.86. The second-order valence-electron chi connectivity index (χ2n) is 11.4. The van der Waals surface area contributed by atoms with Crippen molar-refractivity contribution in [2.45, 2.75) is 97.9 Å². The van der Waals surface area contributed by atoms with Crippen molar-refractivity contribution in [3.8, 4) is 11.5 Å². The number of rotatable bonds is 16. The zero-order valence-electron chi connectivity index (χ0n) is 24.6. The fraction of sp³-hybridized carbons (Fsp3) is 0.515.